The van der Waals surface area contributed by atoms with E-state index >= 15 is 0 Å². The predicted octanol–water partition coefficient (Wildman–Crippen LogP) is 4.32. The van der Waals surface area contributed by atoms with E-state index in [0.29, 0.717) is 12.8 Å². The average molecular weight is 256 g/mol. The monoisotopic (exact) mass is 256 g/mol. The number of benzene rings is 1. The third kappa shape index (κ3) is 2.74. The SMILES string of the molecule is O=C1CCCCC[C@H]1c1ccccc1C(F)(F)F. The van der Waals surface area contributed by atoms with Gasteiger partial charge in [-0.3, -0.25) is 4.79 Å². The van der Waals surface area contributed by atoms with E-state index in [0.717, 1.165) is 25.3 Å². The van der Waals surface area contributed by atoms with Crippen LogP contribution in [0.5, 0.6) is 0 Å². The van der Waals surface area contributed by atoms with Gasteiger partial charge in [0.05, 0.1) is 5.56 Å². The number of rotatable bonds is 1. The molecular formula is C14H15F3O. The van der Waals surface area contributed by atoms with Crippen LogP contribution in [0.4, 0.5) is 13.2 Å². The molecule has 0 N–H and O–H groups in total. The molecule has 0 heterocycles. The molecule has 1 atom stereocenters. The molecule has 1 nitrogen and oxygen atoms in total. The van der Waals surface area contributed by atoms with Gasteiger partial charge in [0.2, 0.25) is 0 Å². The van der Waals surface area contributed by atoms with E-state index in [1.54, 1.807) is 6.07 Å². The summed E-state index contributed by atoms with van der Waals surface area (Å²) < 4.78 is 38.8. The van der Waals surface area contributed by atoms with E-state index in [2.05, 4.69) is 0 Å². The summed E-state index contributed by atoms with van der Waals surface area (Å²) in [6.45, 7) is 0. The lowest BCUT2D eigenvalue weighted by Crippen LogP contribution is -2.17. The van der Waals surface area contributed by atoms with Crippen molar-refractivity contribution in [3.05, 3.63) is 35.4 Å². The second-order valence-electron chi connectivity index (χ2n) is 4.70. The predicted molar refractivity (Wildman–Crippen MR) is 62.3 cm³/mol. The summed E-state index contributed by atoms with van der Waals surface area (Å²) in [7, 11) is 0. The van der Waals surface area contributed by atoms with E-state index in [9.17, 15) is 18.0 Å². The van der Waals surface area contributed by atoms with Gasteiger partial charge in [-0.05, 0) is 24.5 Å². The molecule has 1 fully saturated rings. The summed E-state index contributed by atoms with van der Waals surface area (Å²) in [5.74, 6) is -0.630. The number of carbonyl (C=O) groups is 1. The summed E-state index contributed by atoms with van der Waals surface area (Å²) in [5.41, 5.74) is -0.512. The van der Waals surface area contributed by atoms with E-state index in [4.69, 9.17) is 0 Å². The molecule has 0 radical (unpaired) electrons. The van der Waals surface area contributed by atoms with Crippen LogP contribution < -0.4 is 0 Å². The van der Waals surface area contributed by atoms with Crippen LogP contribution in [0.2, 0.25) is 0 Å². The fraction of sp³-hybridized carbons (Fsp3) is 0.500. The fourth-order valence-corrected chi connectivity index (χ4v) is 2.55. The van der Waals surface area contributed by atoms with E-state index < -0.39 is 17.7 Å². The second kappa shape index (κ2) is 5.12. The van der Waals surface area contributed by atoms with Crippen LogP contribution >= 0.6 is 0 Å². The minimum Gasteiger partial charge on any atom is -0.299 e. The van der Waals surface area contributed by atoms with Gasteiger partial charge >= 0.3 is 6.18 Å². The first-order valence-corrected chi connectivity index (χ1v) is 6.19. The van der Waals surface area contributed by atoms with Crippen LogP contribution in [0, 0.1) is 0 Å². The highest BCUT2D eigenvalue weighted by atomic mass is 19.4. The van der Waals surface area contributed by atoms with Gasteiger partial charge in [-0.1, -0.05) is 31.0 Å². The Labute approximate surface area is 104 Å². The highest BCUT2D eigenvalue weighted by molar-refractivity contribution is 5.86. The molecule has 2 rings (SSSR count). The standard InChI is InChI=1S/C14H15F3O/c15-14(16,17)12-8-5-4-6-10(12)11-7-2-1-3-9-13(11)18/h4-6,8,11H,1-3,7,9H2/t11-/m0/s1. The van der Waals surface area contributed by atoms with Crippen LogP contribution in [-0.4, -0.2) is 5.78 Å². The number of ketones is 1. The molecule has 18 heavy (non-hydrogen) atoms. The molecule has 0 bridgehead atoms. The first-order chi connectivity index (χ1) is 8.50. The van der Waals surface area contributed by atoms with Crippen LogP contribution in [-0.2, 0) is 11.0 Å². The molecule has 1 saturated carbocycles. The number of carbonyl (C=O) groups excluding carboxylic acids is 1. The Kier molecular flexibility index (Phi) is 3.73. The molecule has 1 aliphatic carbocycles. The highest BCUT2D eigenvalue weighted by Gasteiger charge is 2.36. The Morgan fingerprint density at radius 1 is 1.06 bits per heavy atom. The van der Waals surface area contributed by atoms with Crippen molar-refractivity contribution in [3.63, 3.8) is 0 Å². The summed E-state index contributed by atoms with van der Waals surface area (Å²) in [5, 5.41) is 0. The van der Waals surface area contributed by atoms with Crippen LogP contribution in [0.1, 0.15) is 49.1 Å². The van der Waals surface area contributed by atoms with Gasteiger partial charge in [-0.25, -0.2) is 0 Å². The molecule has 0 spiro atoms. The Hall–Kier alpha value is -1.32. The summed E-state index contributed by atoms with van der Waals surface area (Å²) in [4.78, 5) is 11.9. The molecule has 0 aromatic heterocycles. The topological polar surface area (TPSA) is 17.1 Å². The van der Waals surface area contributed by atoms with Gasteiger partial charge in [-0.15, -0.1) is 0 Å². The van der Waals surface area contributed by atoms with Crippen molar-refractivity contribution in [1.82, 2.24) is 0 Å². The van der Waals surface area contributed by atoms with Crippen LogP contribution in [0.15, 0.2) is 24.3 Å². The van der Waals surface area contributed by atoms with Crippen molar-refractivity contribution in [2.75, 3.05) is 0 Å². The van der Waals surface area contributed by atoms with Gasteiger partial charge in [0.1, 0.15) is 5.78 Å². The van der Waals surface area contributed by atoms with Crippen molar-refractivity contribution in [1.29, 1.82) is 0 Å². The zero-order valence-corrected chi connectivity index (χ0v) is 9.96. The summed E-state index contributed by atoms with van der Waals surface area (Å²) >= 11 is 0. The van der Waals surface area contributed by atoms with Crippen molar-refractivity contribution in [3.8, 4) is 0 Å². The highest BCUT2D eigenvalue weighted by Crippen LogP contribution is 2.38. The Morgan fingerprint density at radius 3 is 2.50 bits per heavy atom. The molecule has 98 valence electrons. The molecule has 0 amide bonds. The lowest BCUT2D eigenvalue weighted by atomic mass is 9.87. The Bertz CT molecular complexity index is 437. The van der Waals surface area contributed by atoms with Crippen molar-refractivity contribution >= 4 is 5.78 Å². The molecule has 1 aromatic rings. The van der Waals surface area contributed by atoms with Gasteiger partial charge in [0.25, 0.3) is 0 Å². The molecule has 0 saturated heterocycles. The normalized spacial score (nSPS) is 21.7. The Balaban J connectivity index is 2.40. The first kappa shape index (κ1) is 13.1. The number of hydrogen-bond acceptors (Lipinski definition) is 1. The van der Waals surface area contributed by atoms with E-state index in [1.165, 1.54) is 12.1 Å². The lowest BCUT2D eigenvalue weighted by molar-refractivity contribution is -0.138. The average Bonchev–Trinajstić information content (AvgIpc) is 2.53. The summed E-state index contributed by atoms with van der Waals surface area (Å²) in [6, 6.07) is 5.44. The zero-order chi connectivity index (χ0) is 13.2. The largest absolute Gasteiger partial charge is 0.416 e. The molecule has 1 aliphatic rings. The molecule has 1 aromatic carbocycles. The molecular weight excluding hydrogens is 241 g/mol. The number of alkyl halides is 3. The van der Waals surface area contributed by atoms with Crippen LogP contribution in [0.25, 0.3) is 0 Å². The minimum atomic E-state index is -4.39. The molecule has 0 aliphatic heterocycles. The van der Waals surface area contributed by atoms with Gasteiger partial charge < -0.3 is 0 Å². The van der Waals surface area contributed by atoms with Crippen molar-refractivity contribution in [2.45, 2.75) is 44.2 Å². The van der Waals surface area contributed by atoms with Crippen molar-refractivity contribution < 1.29 is 18.0 Å². The smallest absolute Gasteiger partial charge is 0.299 e. The third-order valence-electron chi connectivity index (χ3n) is 3.45. The lowest BCUT2D eigenvalue weighted by Gasteiger charge is -2.19. The maximum Gasteiger partial charge on any atom is 0.416 e. The van der Waals surface area contributed by atoms with Gasteiger partial charge in [-0.2, -0.15) is 13.2 Å². The van der Waals surface area contributed by atoms with E-state index in [1.807, 2.05) is 0 Å². The van der Waals surface area contributed by atoms with Crippen molar-refractivity contribution in [2.24, 2.45) is 0 Å². The minimum absolute atomic E-state index is 0.0517. The third-order valence-corrected chi connectivity index (χ3v) is 3.45. The quantitative estimate of drug-likeness (QED) is 0.684. The zero-order valence-electron chi connectivity index (χ0n) is 9.96. The fourth-order valence-electron chi connectivity index (χ4n) is 2.55. The number of Topliss-reactive ketones (excluding diaryl/α,β-unsaturated/α-hetero) is 1. The van der Waals surface area contributed by atoms with Crippen LogP contribution in [0.3, 0.4) is 0 Å². The second-order valence-corrected chi connectivity index (χ2v) is 4.70. The molecule has 0 unspecified atom stereocenters. The van der Waals surface area contributed by atoms with E-state index in [-0.39, 0.29) is 11.3 Å². The van der Waals surface area contributed by atoms with Gasteiger partial charge in [0.15, 0.2) is 0 Å². The van der Waals surface area contributed by atoms with Gasteiger partial charge in [0, 0.05) is 12.3 Å². The maximum absolute atomic E-state index is 12.9. The Morgan fingerprint density at radius 2 is 1.78 bits per heavy atom. The molecule has 4 heteroatoms. The number of hydrogen-bond donors (Lipinski definition) is 0. The maximum atomic E-state index is 12.9. The summed E-state index contributed by atoms with van der Waals surface area (Å²) in [6.07, 6.45) is -0.908. The number of halogens is 3. The first-order valence-electron chi connectivity index (χ1n) is 6.19.